The molecular weight excluding hydrogens is 266 g/mol. The molecule has 0 aliphatic carbocycles. The van der Waals surface area contributed by atoms with Crippen LogP contribution in [-0.4, -0.2) is 4.98 Å². The molecule has 0 fully saturated rings. The number of hydrogen-bond donors (Lipinski definition) is 0. The Bertz CT molecular complexity index is 790. The van der Waals surface area contributed by atoms with Crippen LogP contribution >= 0.6 is 11.6 Å². The van der Waals surface area contributed by atoms with Crippen molar-refractivity contribution in [3.63, 3.8) is 0 Å². The monoisotopic (exact) mass is 278 g/mol. The van der Waals surface area contributed by atoms with Crippen molar-refractivity contribution in [2.24, 2.45) is 0 Å². The molecule has 2 aromatic carbocycles. The van der Waals surface area contributed by atoms with E-state index in [1.165, 1.54) is 0 Å². The summed E-state index contributed by atoms with van der Waals surface area (Å²) >= 11 is 6.00. The molecule has 20 heavy (non-hydrogen) atoms. The highest BCUT2D eigenvalue weighted by Gasteiger charge is 1.97. The summed E-state index contributed by atoms with van der Waals surface area (Å²) in [4.78, 5) is 4.59. The maximum absolute atomic E-state index is 6.00. The van der Waals surface area contributed by atoms with Crippen LogP contribution in [0, 0.1) is 6.92 Å². The fraction of sp³-hybridized carbons (Fsp3) is 0. The number of aromatic nitrogens is 1. The molecule has 0 amide bonds. The largest absolute Gasteiger partial charge is 0.248 e. The number of fused-ring (bicyclic) bond motifs is 1. The molecule has 1 heterocycles. The molecule has 1 aromatic heterocycles. The van der Waals surface area contributed by atoms with Crippen molar-refractivity contribution in [1.29, 1.82) is 0 Å². The van der Waals surface area contributed by atoms with Crippen molar-refractivity contribution in [1.82, 2.24) is 4.98 Å². The van der Waals surface area contributed by atoms with E-state index in [1.807, 2.05) is 60.7 Å². The average Bonchev–Trinajstić information content (AvgIpc) is 2.45. The van der Waals surface area contributed by atoms with Crippen LogP contribution in [0.15, 0.2) is 54.6 Å². The van der Waals surface area contributed by atoms with Gasteiger partial charge in [-0.05, 0) is 42.3 Å². The summed E-state index contributed by atoms with van der Waals surface area (Å²) in [7, 11) is 0. The first-order valence-electron chi connectivity index (χ1n) is 6.37. The summed E-state index contributed by atoms with van der Waals surface area (Å²) in [5.41, 5.74) is 3.94. The van der Waals surface area contributed by atoms with Crippen LogP contribution in [0.4, 0.5) is 0 Å². The maximum Gasteiger partial charge on any atom is 0.0724 e. The normalized spacial score (nSPS) is 11.3. The molecule has 3 aromatic rings. The van der Waals surface area contributed by atoms with E-state index in [1.54, 1.807) is 0 Å². The SMILES string of the molecule is [CH2]c1cccc(/C=C/c2ccc3ccc(Cl)cc3n2)c1. The van der Waals surface area contributed by atoms with Gasteiger partial charge in [-0.3, -0.25) is 0 Å². The molecule has 1 radical (unpaired) electrons. The first-order valence-corrected chi connectivity index (χ1v) is 6.75. The van der Waals surface area contributed by atoms with E-state index in [0.717, 1.165) is 27.7 Å². The van der Waals surface area contributed by atoms with E-state index in [-0.39, 0.29) is 0 Å². The Morgan fingerprint density at radius 1 is 0.950 bits per heavy atom. The van der Waals surface area contributed by atoms with Crippen molar-refractivity contribution >= 4 is 34.7 Å². The molecule has 0 saturated heterocycles. The molecule has 0 spiro atoms. The second-order valence-electron chi connectivity index (χ2n) is 4.65. The van der Waals surface area contributed by atoms with Gasteiger partial charge in [-0.2, -0.15) is 0 Å². The van der Waals surface area contributed by atoms with Crippen LogP contribution in [0.1, 0.15) is 16.8 Å². The van der Waals surface area contributed by atoms with E-state index >= 15 is 0 Å². The Morgan fingerprint density at radius 2 is 1.80 bits per heavy atom. The standard InChI is InChI=1S/C18H13ClN/c1-13-3-2-4-14(11-13)5-9-17-10-7-15-6-8-16(19)12-18(15)20-17/h2-12H,1H2/b9-5+. The molecule has 0 saturated carbocycles. The van der Waals surface area contributed by atoms with Gasteiger partial charge < -0.3 is 0 Å². The van der Waals surface area contributed by atoms with Gasteiger partial charge in [-0.15, -0.1) is 0 Å². The summed E-state index contributed by atoms with van der Waals surface area (Å²) in [6, 6.07) is 17.8. The zero-order valence-electron chi connectivity index (χ0n) is 10.9. The molecule has 1 nitrogen and oxygen atoms in total. The van der Waals surface area contributed by atoms with Gasteiger partial charge in [-0.25, -0.2) is 4.98 Å². The zero-order valence-corrected chi connectivity index (χ0v) is 11.6. The van der Waals surface area contributed by atoms with E-state index in [4.69, 9.17) is 11.6 Å². The minimum atomic E-state index is 0.705. The van der Waals surface area contributed by atoms with Crippen molar-refractivity contribution < 1.29 is 0 Å². The first-order chi connectivity index (χ1) is 9.70. The predicted molar refractivity (Wildman–Crippen MR) is 86.6 cm³/mol. The number of nitrogens with zero attached hydrogens (tertiary/aromatic N) is 1. The van der Waals surface area contributed by atoms with Crippen LogP contribution in [0.25, 0.3) is 23.1 Å². The summed E-state index contributed by atoms with van der Waals surface area (Å²) in [6.45, 7) is 3.92. The highest BCUT2D eigenvalue weighted by Crippen LogP contribution is 2.19. The summed E-state index contributed by atoms with van der Waals surface area (Å²) in [5.74, 6) is 0. The van der Waals surface area contributed by atoms with E-state index in [9.17, 15) is 0 Å². The van der Waals surface area contributed by atoms with Crippen molar-refractivity contribution in [3.05, 3.63) is 83.4 Å². The number of rotatable bonds is 2. The minimum Gasteiger partial charge on any atom is -0.248 e. The van der Waals surface area contributed by atoms with Crippen LogP contribution in [0.2, 0.25) is 5.02 Å². The van der Waals surface area contributed by atoms with Gasteiger partial charge in [0.25, 0.3) is 0 Å². The molecule has 0 N–H and O–H groups in total. The lowest BCUT2D eigenvalue weighted by Gasteiger charge is -2.00. The van der Waals surface area contributed by atoms with Crippen molar-refractivity contribution in [2.45, 2.75) is 0 Å². The Labute approximate surface area is 123 Å². The van der Waals surface area contributed by atoms with Crippen LogP contribution in [-0.2, 0) is 0 Å². The second kappa shape index (κ2) is 5.48. The molecule has 0 aliphatic heterocycles. The Kier molecular flexibility index (Phi) is 3.53. The van der Waals surface area contributed by atoms with Crippen molar-refractivity contribution in [3.8, 4) is 0 Å². The van der Waals surface area contributed by atoms with Crippen LogP contribution in [0.5, 0.6) is 0 Å². The highest BCUT2D eigenvalue weighted by atomic mass is 35.5. The lowest BCUT2D eigenvalue weighted by atomic mass is 10.1. The number of pyridine rings is 1. The molecule has 3 rings (SSSR count). The topological polar surface area (TPSA) is 12.9 Å². The first kappa shape index (κ1) is 12.9. The Morgan fingerprint density at radius 3 is 2.65 bits per heavy atom. The predicted octanol–water partition coefficient (Wildman–Crippen LogP) is 5.24. The number of hydrogen-bond acceptors (Lipinski definition) is 1. The minimum absolute atomic E-state index is 0.705. The van der Waals surface area contributed by atoms with Gasteiger partial charge in [-0.1, -0.05) is 54.1 Å². The fourth-order valence-corrected chi connectivity index (χ4v) is 2.24. The maximum atomic E-state index is 6.00. The third-order valence-corrected chi connectivity index (χ3v) is 3.31. The van der Waals surface area contributed by atoms with E-state index in [0.29, 0.717) is 5.02 Å². The Hall–Kier alpha value is -2.12. The summed E-state index contributed by atoms with van der Waals surface area (Å²) in [6.07, 6.45) is 4.03. The third-order valence-electron chi connectivity index (χ3n) is 3.07. The van der Waals surface area contributed by atoms with Gasteiger partial charge in [0.1, 0.15) is 0 Å². The molecule has 0 unspecified atom stereocenters. The molecule has 2 heteroatoms. The van der Waals surface area contributed by atoms with Gasteiger partial charge in [0.15, 0.2) is 0 Å². The van der Waals surface area contributed by atoms with Crippen LogP contribution in [0.3, 0.4) is 0 Å². The Balaban J connectivity index is 1.94. The molecule has 0 bridgehead atoms. The average molecular weight is 279 g/mol. The molecule has 97 valence electrons. The van der Waals surface area contributed by atoms with Gasteiger partial charge in [0.05, 0.1) is 11.2 Å². The summed E-state index contributed by atoms with van der Waals surface area (Å²) in [5, 5.41) is 1.79. The van der Waals surface area contributed by atoms with E-state index in [2.05, 4.69) is 18.0 Å². The fourth-order valence-electron chi connectivity index (χ4n) is 2.08. The van der Waals surface area contributed by atoms with Crippen LogP contribution < -0.4 is 0 Å². The highest BCUT2D eigenvalue weighted by molar-refractivity contribution is 6.31. The van der Waals surface area contributed by atoms with Gasteiger partial charge in [0.2, 0.25) is 0 Å². The van der Waals surface area contributed by atoms with Gasteiger partial charge >= 0.3 is 0 Å². The second-order valence-corrected chi connectivity index (χ2v) is 5.09. The number of benzene rings is 2. The van der Waals surface area contributed by atoms with Crippen molar-refractivity contribution in [2.75, 3.05) is 0 Å². The smallest absolute Gasteiger partial charge is 0.0724 e. The molecule has 0 aliphatic rings. The third kappa shape index (κ3) is 2.89. The molecular formula is C18H13ClN. The summed E-state index contributed by atoms with van der Waals surface area (Å²) < 4.78 is 0. The quantitative estimate of drug-likeness (QED) is 0.624. The lowest BCUT2D eigenvalue weighted by Crippen LogP contribution is -1.83. The zero-order chi connectivity index (χ0) is 13.9. The lowest BCUT2D eigenvalue weighted by molar-refractivity contribution is 1.37. The van der Waals surface area contributed by atoms with E-state index < -0.39 is 0 Å². The number of halogens is 1. The molecule has 0 atom stereocenters. The van der Waals surface area contributed by atoms with Gasteiger partial charge in [0, 0.05) is 10.4 Å².